The van der Waals surface area contributed by atoms with Gasteiger partial charge in [-0.1, -0.05) is 49.4 Å². The van der Waals surface area contributed by atoms with Crippen LogP contribution < -0.4 is 10.9 Å². The molecule has 0 saturated carbocycles. The minimum Gasteiger partial charge on any atom is -0.337 e. The van der Waals surface area contributed by atoms with Gasteiger partial charge < -0.3 is 5.32 Å². The van der Waals surface area contributed by atoms with Crippen LogP contribution in [-0.2, 0) is 13.0 Å². The van der Waals surface area contributed by atoms with Crippen LogP contribution in [0.5, 0.6) is 0 Å². The zero-order valence-corrected chi connectivity index (χ0v) is 15.0. The number of nitrogens with zero attached hydrogens (tertiary/aromatic N) is 2. The van der Waals surface area contributed by atoms with Crippen molar-refractivity contribution in [1.82, 2.24) is 9.55 Å². The van der Waals surface area contributed by atoms with E-state index >= 15 is 0 Å². The van der Waals surface area contributed by atoms with Crippen molar-refractivity contribution in [1.29, 1.82) is 0 Å². The Kier molecular flexibility index (Phi) is 5.61. The summed E-state index contributed by atoms with van der Waals surface area (Å²) in [5.41, 5.74) is 2.20. The largest absolute Gasteiger partial charge is 0.337 e. The summed E-state index contributed by atoms with van der Waals surface area (Å²) < 4.78 is 1.85. The van der Waals surface area contributed by atoms with Gasteiger partial charge in [0.15, 0.2) is 5.82 Å². The normalized spacial score (nSPS) is 12.4. The Balaban J connectivity index is 1.83. The first-order valence-corrected chi connectivity index (χ1v) is 9.07. The number of nitrogens with two attached hydrogens (primary N) is 1. The van der Waals surface area contributed by atoms with Crippen molar-refractivity contribution in [2.24, 2.45) is 0 Å². The molecule has 1 atom stereocenters. The smallest absolute Gasteiger partial charge is 0.261 e. The summed E-state index contributed by atoms with van der Waals surface area (Å²) in [5.74, 6) is 0.874. The molecule has 0 spiro atoms. The van der Waals surface area contributed by atoms with E-state index in [1.54, 1.807) is 0 Å². The zero-order chi connectivity index (χ0) is 17.6. The van der Waals surface area contributed by atoms with Gasteiger partial charge in [0.1, 0.15) is 6.04 Å². The Labute approximate surface area is 148 Å². The van der Waals surface area contributed by atoms with Crippen LogP contribution in [0, 0.1) is 0 Å². The van der Waals surface area contributed by atoms with Gasteiger partial charge in [-0.2, -0.15) is 0 Å². The van der Waals surface area contributed by atoms with Crippen molar-refractivity contribution in [2.75, 3.05) is 6.54 Å². The topological polar surface area (TPSA) is 51.5 Å². The molecule has 0 radical (unpaired) electrons. The van der Waals surface area contributed by atoms with E-state index in [9.17, 15) is 4.79 Å². The Morgan fingerprint density at radius 3 is 2.56 bits per heavy atom. The molecule has 0 amide bonds. The second kappa shape index (κ2) is 8.08. The average Bonchev–Trinajstić information content (AvgIpc) is 2.65. The maximum Gasteiger partial charge on any atom is 0.261 e. The van der Waals surface area contributed by atoms with Crippen molar-refractivity contribution < 1.29 is 5.32 Å². The summed E-state index contributed by atoms with van der Waals surface area (Å²) in [6.45, 7) is 5.91. The highest BCUT2D eigenvalue weighted by Crippen LogP contribution is 2.12. The summed E-state index contributed by atoms with van der Waals surface area (Å²) in [4.78, 5) is 17.7. The van der Waals surface area contributed by atoms with E-state index in [1.165, 1.54) is 5.56 Å². The average molecular weight is 336 g/mol. The predicted octanol–water partition coefficient (Wildman–Crippen LogP) is 2.67. The highest BCUT2D eigenvalue weighted by molar-refractivity contribution is 5.77. The quantitative estimate of drug-likeness (QED) is 0.721. The number of para-hydroxylation sites is 1. The summed E-state index contributed by atoms with van der Waals surface area (Å²) in [5, 5.41) is 2.98. The molecule has 0 bridgehead atoms. The van der Waals surface area contributed by atoms with Gasteiger partial charge >= 0.3 is 0 Å². The summed E-state index contributed by atoms with van der Waals surface area (Å²) in [6.07, 6.45) is 1.93. The molecule has 25 heavy (non-hydrogen) atoms. The van der Waals surface area contributed by atoms with Gasteiger partial charge in [-0.3, -0.25) is 9.36 Å². The standard InChI is InChI=1S/C21H25N3O/c1-3-15-24-20(23-19-12-8-7-11-18(19)21(24)25)16(2)22-14-13-17-9-5-4-6-10-17/h4-12,16,22H,3,13-15H2,1-2H3/p+1/t16-/m0/s1. The summed E-state index contributed by atoms with van der Waals surface area (Å²) >= 11 is 0. The first-order chi connectivity index (χ1) is 12.2. The number of aromatic nitrogens is 2. The van der Waals surface area contributed by atoms with Crippen LogP contribution in [0.15, 0.2) is 59.4 Å². The number of hydrogen-bond donors (Lipinski definition) is 1. The number of hydrogen-bond acceptors (Lipinski definition) is 2. The van der Waals surface area contributed by atoms with E-state index in [-0.39, 0.29) is 11.6 Å². The molecule has 2 N–H and O–H groups in total. The van der Waals surface area contributed by atoms with E-state index in [1.807, 2.05) is 34.9 Å². The number of fused-ring (bicyclic) bond motifs is 1. The minimum atomic E-state index is 0.0748. The van der Waals surface area contributed by atoms with Crippen LogP contribution in [0.3, 0.4) is 0 Å². The molecule has 1 aromatic heterocycles. The first-order valence-electron chi connectivity index (χ1n) is 9.07. The second-order valence-electron chi connectivity index (χ2n) is 6.49. The lowest BCUT2D eigenvalue weighted by Crippen LogP contribution is -2.85. The molecule has 0 aliphatic heterocycles. The molecular weight excluding hydrogens is 310 g/mol. The van der Waals surface area contributed by atoms with Gasteiger partial charge in [0.25, 0.3) is 5.56 Å². The Morgan fingerprint density at radius 2 is 1.80 bits per heavy atom. The molecule has 0 fully saturated rings. The van der Waals surface area contributed by atoms with Crippen molar-refractivity contribution in [2.45, 2.75) is 39.3 Å². The third-order valence-electron chi connectivity index (χ3n) is 4.54. The maximum atomic E-state index is 12.8. The predicted molar refractivity (Wildman–Crippen MR) is 102 cm³/mol. The fraction of sp³-hybridized carbons (Fsp3) is 0.333. The summed E-state index contributed by atoms with van der Waals surface area (Å²) in [6, 6.07) is 18.3. The van der Waals surface area contributed by atoms with E-state index < -0.39 is 0 Å². The van der Waals surface area contributed by atoms with Crippen LogP contribution >= 0.6 is 0 Å². The molecular formula is C21H26N3O+. The molecule has 130 valence electrons. The van der Waals surface area contributed by atoms with Gasteiger partial charge in [0.2, 0.25) is 0 Å². The van der Waals surface area contributed by atoms with Crippen molar-refractivity contribution in [3.8, 4) is 0 Å². The van der Waals surface area contributed by atoms with Crippen LogP contribution in [0.1, 0.15) is 37.7 Å². The lowest BCUT2D eigenvalue weighted by Gasteiger charge is -2.17. The number of rotatable bonds is 7. The Bertz CT molecular complexity index is 887. The molecule has 2 aromatic carbocycles. The van der Waals surface area contributed by atoms with Crippen LogP contribution in [-0.4, -0.2) is 16.1 Å². The van der Waals surface area contributed by atoms with Crippen LogP contribution in [0.4, 0.5) is 0 Å². The maximum absolute atomic E-state index is 12.8. The van der Waals surface area contributed by atoms with E-state index in [4.69, 9.17) is 4.98 Å². The summed E-state index contributed by atoms with van der Waals surface area (Å²) in [7, 11) is 0. The third kappa shape index (κ3) is 3.97. The Morgan fingerprint density at radius 1 is 1.08 bits per heavy atom. The van der Waals surface area contributed by atoms with Gasteiger partial charge in [0.05, 0.1) is 17.4 Å². The van der Waals surface area contributed by atoms with Crippen molar-refractivity contribution in [3.63, 3.8) is 0 Å². The highest BCUT2D eigenvalue weighted by Gasteiger charge is 2.18. The Hall–Kier alpha value is -2.46. The van der Waals surface area contributed by atoms with Gasteiger partial charge in [-0.05, 0) is 31.0 Å². The SMILES string of the molecule is CCCn1c([C@H](C)[NH2+]CCc2ccccc2)nc2ccccc2c1=O. The fourth-order valence-electron chi connectivity index (χ4n) is 3.22. The van der Waals surface area contributed by atoms with Crippen molar-refractivity contribution >= 4 is 10.9 Å². The number of quaternary nitrogens is 1. The lowest BCUT2D eigenvalue weighted by atomic mass is 10.1. The molecule has 0 aliphatic carbocycles. The first kappa shape index (κ1) is 17.4. The molecule has 0 saturated heterocycles. The number of benzene rings is 2. The van der Waals surface area contributed by atoms with Gasteiger partial charge in [-0.25, -0.2) is 4.98 Å². The van der Waals surface area contributed by atoms with E-state index in [2.05, 4.69) is 43.4 Å². The monoisotopic (exact) mass is 336 g/mol. The highest BCUT2D eigenvalue weighted by atomic mass is 16.1. The van der Waals surface area contributed by atoms with Crippen LogP contribution in [0.25, 0.3) is 10.9 Å². The molecule has 1 heterocycles. The van der Waals surface area contributed by atoms with Gasteiger partial charge in [-0.15, -0.1) is 0 Å². The molecule has 4 heteroatoms. The molecule has 0 unspecified atom stereocenters. The van der Waals surface area contributed by atoms with E-state index in [0.717, 1.165) is 30.7 Å². The zero-order valence-electron chi connectivity index (χ0n) is 15.0. The fourth-order valence-corrected chi connectivity index (χ4v) is 3.22. The van der Waals surface area contributed by atoms with E-state index in [0.29, 0.717) is 11.9 Å². The minimum absolute atomic E-state index is 0.0748. The molecule has 3 rings (SSSR count). The molecule has 3 aromatic rings. The molecule has 4 nitrogen and oxygen atoms in total. The second-order valence-corrected chi connectivity index (χ2v) is 6.49. The van der Waals surface area contributed by atoms with Crippen LogP contribution in [0.2, 0.25) is 0 Å². The third-order valence-corrected chi connectivity index (χ3v) is 4.54. The molecule has 0 aliphatic rings. The lowest BCUT2D eigenvalue weighted by molar-refractivity contribution is -0.693. The van der Waals surface area contributed by atoms with Gasteiger partial charge in [0, 0.05) is 13.0 Å². The van der Waals surface area contributed by atoms with Crippen molar-refractivity contribution in [3.05, 3.63) is 76.3 Å².